The minimum Gasteiger partial charge on any atom is -0.497 e. The number of fused-ring (bicyclic) bond motifs is 1. The van der Waals surface area contributed by atoms with Gasteiger partial charge in [0.05, 0.1) is 13.2 Å². The van der Waals surface area contributed by atoms with E-state index in [1.165, 1.54) is 11.1 Å². The normalized spacial score (nSPS) is 19.2. The second-order valence-electron chi connectivity index (χ2n) is 7.01. The number of benzene rings is 1. The Labute approximate surface area is 144 Å². The fourth-order valence-electron chi connectivity index (χ4n) is 3.68. The van der Waals surface area contributed by atoms with Crippen LogP contribution in [0, 0.1) is 0 Å². The van der Waals surface area contributed by atoms with Gasteiger partial charge in [-0.2, -0.15) is 0 Å². The minimum absolute atomic E-state index is 0.0520. The zero-order valence-corrected chi connectivity index (χ0v) is 15.0. The molecule has 1 saturated heterocycles. The van der Waals surface area contributed by atoms with Crippen LogP contribution in [-0.2, 0) is 17.7 Å². The maximum atomic E-state index is 12.0. The largest absolute Gasteiger partial charge is 0.497 e. The maximum Gasteiger partial charge on any atom is 0.410 e. The molecular weight excluding hydrogens is 304 g/mol. The number of nitrogens with zero attached hydrogens (tertiary/aromatic N) is 2. The summed E-state index contributed by atoms with van der Waals surface area (Å²) in [4.78, 5) is 16.4. The number of ether oxygens (including phenoxy) is 2. The first-order chi connectivity index (χ1) is 11.6. The van der Waals surface area contributed by atoms with Gasteiger partial charge in [-0.15, -0.1) is 0 Å². The molecule has 2 aliphatic heterocycles. The lowest BCUT2D eigenvalue weighted by Gasteiger charge is -2.40. The molecule has 0 aliphatic carbocycles. The van der Waals surface area contributed by atoms with E-state index < -0.39 is 0 Å². The van der Waals surface area contributed by atoms with Crippen molar-refractivity contribution in [2.45, 2.75) is 51.8 Å². The van der Waals surface area contributed by atoms with Crippen LogP contribution in [-0.4, -0.2) is 54.8 Å². The predicted octanol–water partition coefficient (Wildman–Crippen LogP) is 3.06. The van der Waals surface area contributed by atoms with Crippen LogP contribution in [0.1, 0.15) is 37.8 Å². The summed E-state index contributed by atoms with van der Waals surface area (Å²) in [5.41, 5.74) is 2.81. The Hall–Kier alpha value is -1.75. The first-order valence-electron chi connectivity index (χ1n) is 8.92. The van der Waals surface area contributed by atoms with Crippen LogP contribution in [0.5, 0.6) is 5.75 Å². The molecule has 2 aliphatic rings. The van der Waals surface area contributed by atoms with Gasteiger partial charge in [-0.25, -0.2) is 4.79 Å². The predicted molar refractivity (Wildman–Crippen MR) is 93.3 cm³/mol. The van der Waals surface area contributed by atoms with Crippen LogP contribution in [0.3, 0.4) is 0 Å². The summed E-state index contributed by atoms with van der Waals surface area (Å²) in [6, 6.07) is 6.95. The van der Waals surface area contributed by atoms with Crippen LogP contribution < -0.4 is 4.74 Å². The number of rotatable bonds is 3. The Morgan fingerprint density at radius 1 is 1.17 bits per heavy atom. The number of carbonyl (C=O) groups is 1. The first kappa shape index (κ1) is 17.1. The van der Waals surface area contributed by atoms with Crippen molar-refractivity contribution < 1.29 is 14.3 Å². The molecule has 1 fully saturated rings. The number of hydrogen-bond acceptors (Lipinski definition) is 4. The summed E-state index contributed by atoms with van der Waals surface area (Å²) in [7, 11) is 1.72. The highest BCUT2D eigenvalue weighted by molar-refractivity contribution is 5.67. The van der Waals surface area contributed by atoms with Crippen LogP contribution >= 0.6 is 0 Å². The zero-order chi connectivity index (χ0) is 17.1. The molecule has 2 heterocycles. The average molecular weight is 332 g/mol. The number of methoxy groups -OCH3 is 1. The number of likely N-dealkylation sites (tertiary alicyclic amines) is 1. The summed E-state index contributed by atoms with van der Waals surface area (Å²) >= 11 is 0. The zero-order valence-electron chi connectivity index (χ0n) is 15.0. The van der Waals surface area contributed by atoms with Crippen molar-refractivity contribution >= 4 is 6.09 Å². The SMILES string of the molecule is COc1ccc2c(c1)CN(C1CCN(C(=O)OC(C)C)CC1)CC2. The smallest absolute Gasteiger partial charge is 0.410 e. The summed E-state index contributed by atoms with van der Waals surface area (Å²) in [6.45, 7) is 7.44. The summed E-state index contributed by atoms with van der Waals surface area (Å²) in [6.07, 6.45) is 2.91. The van der Waals surface area contributed by atoms with Gasteiger partial charge in [-0.05, 0) is 56.4 Å². The van der Waals surface area contributed by atoms with Crippen molar-refractivity contribution in [1.29, 1.82) is 0 Å². The van der Waals surface area contributed by atoms with Crippen molar-refractivity contribution in [3.8, 4) is 5.75 Å². The third-order valence-corrected chi connectivity index (χ3v) is 5.03. The van der Waals surface area contributed by atoms with Gasteiger partial charge in [-0.1, -0.05) is 6.07 Å². The Kier molecular flexibility index (Phi) is 5.29. The first-order valence-corrected chi connectivity index (χ1v) is 8.92. The van der Waals surface area contributed by atoms with Gasteiger partial charge in [0.15, 0.2) is 0 Å². The number of carbonyl (C=O) groups excluding carboxylic acids is 1. The standard InChI is InChI=1S/C19H28N2O3/c1-14(2)24-19(22)20-10-7-17(8-11-20)21-9-6-15-4-5-18(23-3)12-16(15)13-21/h4-5,12,14,17H,6-11,13H2,1-3H3. The van der Waals surface area contributed by atoms with Gasteiger partial charge in [0.1, 0.15) is 5.75 Å². The van der Waals surface area contributed by atoms with Gasteiger partial charge in [0.25, 0.3) is 0 Å². The molecule has 5 nitrogen and oxygen atoms in total. The molecule has 5 heteroatoms. The van der Waals surface area contributed by atoms with E-state index in [1.54, 1.807) is 7.11 Å². The van der Waals surface area contributed by atoms with Gasteiger partial charge < -0.3 is 14.4 Å². The van der Waals surface area contributed by atoms with E-state index in [0.29, 0.717) is 6.04 Å². The van der Waals surface area contributed by atoms with E-state index >= 15 is 0 Å². The maximum absolute atomic E-state index is 12.0. The highest BCUT2D eigenvalue weighted by atomic mass is 16.6. The molecule has 0 saturated carbocycles. The van der Waals surface area contributed by atoms with Crippen LogP contribution in [0.4, 0.5) is 4.79 Å². The average Bonchev–Trinajstić information content (AvgIpc) is 2.60. The van der Waals surface area contributed by atoms with E-state index in [-0.39, 0.29) is 12.2 Å². The molecule has 1 amide bonds. The third-order valence-electron chi connectivity index (χ3n) is 5.03. The lowest BCUT2D eigenvalue weighted by Crippen LogP contribution is -2.48. The Bertz CT molecular complexity index is 580. The summed E-state index contributed by atoms with van der Waals surface area (Å²) in [5.74, 6) is 0.932. The van der Waals surface area contributed by atoms with Crippen molar-refractivity contribution in [2.75, 3.05) is 26.7 Å². The number of amides is 1. The molecule has 0 bridgehead atoms. The number of piperidine rings is 1. The minimum atomic E-state index is -0.169. The van der Waals surface area contributed by atoms with E-state index in [1.807, 2.05) is 24.8 Å². The molecule has 24 heavy (non-hydrogen) atoms. The van der Waals surface area contributed by atoms with Gasteiger partial charge in [0.2, 0.25) is 0 Å². The molecule has 0 aromatic heterocycles. The fraction of sp³-hybridized carbons (Fsp3) is 0.632. The molecule has 132 valence electrons. The Balaban J connectivity index is 1.56. The van der Waals surface area contributed by atoms with Crippen molar-refractivity contribution in [3.63, 3.8) is 0 Å². The fourth-order valence-corrected chi connectivity index (χ4v) is 3.68. The Morgan fingerprint density at radius 2 is 1.92 bits per heavy atom. The quantitative estimate of drug-likeness (QED) is 0.853. The van der Waals surface area contributed by atoms with Gasteiger partial charge in [-0.3, -0.25) is 4.90 Å². The molecule has 0 radical (unpaired) electrons. The second-order valence-corrected chi connectivity index (χ2v) is 7.01. The van der Waals surface area contributed by atoms with Gasteiger partial charge in [0, 0.05) is 32.2 Å². The highest BCUT2D eigenvalue weighted by Crippen LogP contribution is 2.27. The lowest BCUT2D eigenvalue weighted by atomic mass is 9.95. The molecule has 0 unspecified atom stereocenters. The van der Waals surface area contributed by atoms with Crippen LogP contribution in [0.2, 0.25) is 0 Å². The second kappa shape index (κ2) is 7.43. The summed E-state index contributed by atoms with van der Waals surface area (Å²) < 4.78 is 10.7. The molecule has 0 spiro atoms. The molecule has 3 rings (SSSR count). The van der Waals surface area contributed by atoms with E-state index in [9.17, 15) is 4.79 Å². The van der Waals surface area contributed by atoms with Crippen LogP contribution in [0.15, 0.2) is 18.2 Å². The van der Waals surface area contributed by atoms with E-state index in [0.717, 1.165) is 51.2 Å². The van der Waals surface area contributed by atoms with Crippen LogP contribution in [0.25, 0.3) is 0 Å². The van der Waals surface area contributed by atoms with E-state index in [4.69, 9.17) is 9.47 Å². The van der Waals surface area contributed by atoms with Gasteiger partial charge >= 0.3 is 6.09 Å². The molecule has 1 aromatic carbocycles. The Morgan fingerprint density at radius 3 is 2.58 bits per heavy atom. The summed E-state index contributed by atoms with van der Waals surface area (Å²) in [5, 5.41) is 0. The van der Waals surface area contributed by atoms with E-state index in [2.05, 4.69) is 17.0 Å². The van der Waals surface area contributed by atoms with Crippen molar-refractivity contribution in [3.05, 3.63) is 29.3 Å². The molecule has 0 atom stereocenters. The molecular formula is C19H28N2O3. The lowest BCUT2D eigenvalue weighted by molar-refractivity contribution is 0.0524. The van der Waals surface area contributed by atoms with Crippen molar-refractivity contribution in [1.82, 2.24) is 9.80 Å². The third kappa shape index (κ3) is 3.83. The number of hydrogen-bond donors (Lipinski definition) is 0. The monoisotopic (exact) mass is 332 g/mol. The van der Waals surface area contributed by atoms with Crippen molar-refractivity contribution in [2.24, 2.45) is 0 Å². The molecule has 1 aromatic rings. The topological polar surface area (TPSA) is 42.0 Å². The molecule has 0 N–H and O–H groups in total. The highest BCUT2D eigenvalue weighted by Gasteiger charge is 2.29.